The molecule has 0 radical (unpaired) electrons. The first-order valence-electron chi connectivity index (χ1n) is 4.74. The van der Waals surface area contributed by atoms with Gasteiger partial charge in [-0.3, -0.25) is 0 Å². The number of nitrogens with zero attached hydrogens (tertiary/aromatic N) is 2. The summed E-state index contributed by atoms with van der Waals surface area (Å²) >= 11 is 3.34. The smallest absolute Gasteiger partial charge is 0.121 e. The van der Waals surface area contributed by atoms with Crippen LogP contribution in [-0.2, 0) is 6.61 Å². The van der Waals surface area contributed by atoms with Crippen LogP contribution in [0.2, 0.25) is 0 Å². The Labute approximate surface area is 102 Å². The highest BCUT2D eigenvalue weighted by Crippen LogP contribution is 2.20. The summed E-state index contributed by atoms with van der Waals surface area (Å²) in [5, 5.41) is 13.3. The number of halogens is 1. The third-order valence-corrected chi connectivity index (χ3v) is 2.87. The first kappa shape index (κ1) is 11.2. The van der Waals surface area contributed by atoms with Crippen LogP contribution in [0.25, 0.3) is 5.69 Å². The van der Waals surface area contributed by atoms with Crippen LogP contribution in [0, 0.1) is 0 Å². The van der Waals surface area contributed by atoms with E-state index < -0.39 is 0 Å². The van der Waals surface area contributed by atoms with Crippen LogP contribution in [0.5, 0.6) is 5.75 Å². The normalized spacial score (nSPS) is 10.4. The number of aliphatic hydroxyl groups is 1. The van der Waals surface area contributed by atoms with Crippen LogP contribution in [0.1, 0.15) is 5.69 Å². The fourth-order valence-corrected chi connectivity index (χ4v) is 1.78. The van der Waals surface area contributed by atoms with Crippen LogP contribution in [0.15, 0.2) is 34.9 Å². The van der Waals surface area contributed by atoms with Gasteiger partial charge < -0.3 is 9.84 Å². The van der Waals surface area contributed by atoms with Crippen LogP contribution < -0.4 is 4.74 Å². The summed E-state index contributed by atoms with van der Waals surface area (Å²) in [5.41, 5.74) is 1.50. The molecule has 0 spiro atoms. The van der Waals surface area contributed by atoms with Crippen molar-refractivity contribution in [3.05, 3.63) is 40.6 Å². The summed E-state index contributed by atoms with van der Waals surface area (Å²) in [7, 11) is 1.62. The lowest BCUT2D eigenvalue weighted by Crippen LogP contribution is -1.96. The first-order valence-corrected chi connectivity index (χ1v) is 5.53. The summed E-state index contributed by atoms with van der Waals surface area (Å²) in [6, 6.07) is 7.56. The van der Waals surface area contributed by atoms with Crippen molar-refractivity contribution in [3.8, 4) is 11.4 Å². The second-order valence-electron chi connectivity index (χ2n) is 3.23. The van der Waals surface area contributed by atoms with Crippen molar-refractivity contribution in [1.82, 2.24) is 9.78 Å². The van der Waals surface area contributed by atoms with Gasteiger partial charge in [0.05, 0.1) is 23.9 Å². The molecule has 0 aliphatic carbocycles. The average Bonchev–Trinajstić information content (AvgIpc) is 2.71. The highest BCUT2D eigenvalue weighted by molar-refractivity contribution is 9.10. The molecule has 0 bridgehead atoms. The molecule has 2 aromatic rings. The molecular weight excluding hydrogens is 272 g/mol. The molecule has 2 rings (SSSR count). The number of hydrogen-bond donors (Lipinski definition) is 1. The Morgan fingerprint density at radius 2 is 2.31 bits per heavy atom. The minimum atomic E-state index is -0.0858. The van der Waals surface area contributed by atoms with Gasteiger partial charge in [0.2, 0.25) is 0 Å². The third kappa shape index (κ3) is 2.10. The average molecular weight is 283 g/mol. The fourth-order valence-electron chi connectivity index (χ4n) is 1.38. The van der Waals surface area contributed by atoms with E-state index in [1.807, 2.05) is 24.3 Å². The lowest BCUT2D eigenvalue weighted by atomic mass is 10.3. The molecule has 0 aliphatic heterocycles. The van der Waals surface area contributed by atoms with E-state index in [1.165, 1.54) is 0 Å². The van der Waals surface area contributed by atoms with Gasteiger partial charge in [-0.05, 0) is 28.1 Å². The van der Waals surface area contributed by atoms with Gasteiger partial charge in [0, 0.05) is 12.3 Å². The summed E-state index contributed by atoms with van der Waals surface area (Å²) < 4.78 is 7.62. The van der Waals surface area contributed by atoms with Crippen LogP contribution >= 0.6 is 15.9 Å². The molecule has 0 amide bonds. The maximum Gasteiger partial charge on any atom is 0.121 e. The summed E-state index contributed by atoms with van der Waals surface area (Å²) in [6.45, 7) is -0.0858. The zero-order chi connectivity index (χ0) is 11.5. The van der Waals surface area contributed by atoms with Crippen molar-refractivity contribution in [2.45, 2.75) is 6.61 Å². The van der Waals surface area contributed by atoms with Gasteiger partial charge in [-0.1, -0.05) is 6.07 Å². The number of aliphatic hydroxyl groups excluding tert-OH is 1. The standard InChI is InChI=1S/C11H11BrN2O2/c1-16-9-4-2-3-8(5-9)14-6-10(12)11(7-15)13-14/h2-6,15H,7H2,1H3. The van der Waals surface area contributed by atoms with Gasteiger partial charge in [-0.2, -0.15) is 5.10 Å². The van der Waals surface area contributed by atoms with Crippen LogP contribution in [0.3, 0.4) is 0 Å². The Hall–Kier alpha value is -1.33. The van der Waals surface area contributed by atoms with Gasteiger partial charge in [0.25, 0.3) is 0 Å². The van der Waals surface area contributed by atoms with E-state index in [9.17, 15) is 0 Å². The molecule has 0 unspecified atom stereocenters. The number of rotatable bonds is 3. The van der Waals surface area contributed by atoms with Crippen molar-refractivity contribution in [2.24, 2.45) is 0 Å². The maximum absolute atomic E-state index is 9.05. The molecule has 0 atom stereocenters. The van der Waals surface area contributed by atoms with Crippen molar-refractivity contribution in [3.63, 3.8) is 0 Å². The van der Waals surface area contributed by atoms with E-state index >= 15 is 0 Å². The minimum absolute atomic E-state index is 0.0858. The molecule has 1 aromatic heterocycles. The summed E-state index contributed by atoms with van der Waals surface area (Å²) in [6.07, 6.45) is 1.81. The topological polar surface area (TPSA) is 47.3 Å². The van der Waals surface area contributed by atoms with E-state index in [2.05, 4.69) is 21.0 Å². The highest BCUT2D eigenvalue weighted by atomic mass is 79.9. The van der Waals surface area contributed by atoms with Gasteiger partial charge >= 0.3 is 0 Å². The monoisotopic (exact) mass is 282 g/mol. The quantitative estimate of drug-likeness (QED) is 0.938. The molecule has 0 aliphatic rings. The molecule has 5 heteroatoms. The van der Waals surface area contributed by atoms with Crippen molar-refractivity contribution >= 4 is 15.9 Å². The summed E-state index contributed by atoms with van der Waals surface area (Å²) in [5.74, 6) is 0.773. The maximum atomic E-state index is 9.05. The zero-order valence-corrected chi connectivity index (χ0v) is 10.3. The lowest BCUT2D eigenvalue weighted by Gasteiger charge is -2.03. The second kappa shape index (κ2) is 4.67. The van der Waals surface area contributed by atoms with Crippen molar-refractivity contribution in [1.29, 1.82) is 0 Å². The Morgan fingerprint density at radius 3 is 2.94 bits per heavy atom. The van der Waals surface area contributed by atoms with Gasteiger partial charge in [-0.25, -0.2) is 4.68 Å². The number of benzene rings is 1. The van der Waals surface area contributed by atoms with E-state index in [1.54, 1.807) is 18.0 Å². The largest absolute Gasteiger partial charge is 0.497 e. The predicted octanol–water partition coefficient (Wildman–Crippen LogP) is 2.14. The Bertz CT molecular complexity index is 496. The zero-order valence-electron chi connectivity index (χ0n) is 8.72. The SMILES string of the molecule is COc1cccc(-n2cc(Br)c(CO)n2)c1. The third-order valence-electron chi connectivity index (χ3n) is 2.21. The van der Waals surface area contributed by atoms with Gasteiger partial charge in [0.15, 0.2) is 0 Å². The van der Waals surface area contributed by atoms with E-state index in [0.717, 1.165) is 15.9 Å². The van der Waals surface area contributed by atoms with E-state index in [-0.39, 0.29) is 6.61 Å². The molecular formula is C11H11BrN2O2. The molecule has 84 valence electrons. The molecule has 4 nitrogen and oxygen atoms in total. The van der Waals surface area contributed by atoms with Crippen molar-refractivity contribution < 1.29 is 9.84 Å². The molecule has 16 heavy (non-hydrogen) atoms. The van der Waals surface area contributed by atoms with Crippen LogP contribution in [0.4, 0.5) is 0 Å². The van der Waals surface area contributed by atoms with Crippen LogP contribution in [-0.4, -0.2) is 22.0 Å². The summed E-state index contributed by atoms with van der Waals surface area (Å²) in [4.78, 5) is 0. The predicted molar refractivity (Wildman–Crippen MR) is 63.7 cm³/mol. The number of ether oxygens (including phenoxy) is 1. The second-order valence-corrected chi connectivity index (χ2v) is 4.08. The Morgan fingerprint density at radius 1 is 1.50 bits per heavy atom. The van der Waals surface area contributed by atoms with E-state index in [4.69, 9.17) is 9.84 Å². The molecule has 1 N–H and O–H groups in total. The van der Waals surface area contributed by atoms with Gasteiger partial charge in [-0.15, -0.1) is 0 Å². The molecule has 1 aromatic carbocycles. The molecule has 0 saturated carbocycles. The Balaban J connectivity index is 2.41. The molecule has 1 heterocycles. The van der Waals surface area contributed by atoms with E-state index in [0.29, 0.717) is 5.69 Å². The highest BCUT2D eigenvalue weighted by Gasteiger charge is 2.06. The lowest BCUT2D eigenvalue weighted by molar-refractivity contribution is 0.275. The number of aromatic nitrogens is 2. The van der Waals surface area contributed by atoms with Gasteiger partial charge in [0.1, 0.15) is 11.4 Å². The minimum Gasteiger partial charge on any atom is -0.497 e. The first-order chi connectivity index (χ1) is 7.74. The number of methoxy groups -OCH3 is 1. The Kier molecular flexibility index (Phi) is 3.26. The fraction of sp³-hybridized carbons (Fsp3) is 0.182. The molecule has 0 fully saturated rings. The van der Waals surface area contributed by atoms with Crippen molar-refractivity contribution in [2.75, 3.05) is 7.11 Å². The molecule has 0 saturated heterocycles. The number of hydrogen-bond acceptors (Lipinski definition) is 3.